The predicted molar refractivity (Wildman–Crippen MR) is 71.5 cm³/mol. The van der Waals surface area contributed by atoms with Gasteiger partial charge in [0.2, 0.25) is 5.91 Å². The highest BCUT2D eigenvalue weighted by Crippen LogP contribution is 2.34. The minimum Gasteiger partial charge on any atom is -0.378 e. The molecule has 3 N–H and O–H groups in total. The Morgan fingerprint density at radius 3 is 2.71 bits per heavy atom. The van der Waals surface area contributed by atoms with E-state index < -0.39 is 11.7 Å². The Morgan fingerprint density at radius 2 is 2.19 bits per heavy atom. The fourth-order valence-electron chi connectivity index (χ4n) is 2.34. The zero-order valence-corrected chi connectivity index (χ0v) is 11.5. The molecule has 0 spiro atoms. The van der Waals surface area contributed by atoms with E-state index in [0.717, 1.165) is 6.07 Å². The normalized spacial score (nSPS) is 22.3. The number of benzene rings is 1. The number of ether oxygens (including phenoxy) is 1. The van der Waals surface area contributed by atoms with Crippen LogP contribution < -0.4 is 11.1 Å². The molecule has 1 aliphatic heterocycles. The first-order valence-electron chi connectivity index (χ1n) is 6.64. The van der Waals surface area contributed by atoms with Crippen molar-refractivity contribution in [3.63, 3.8) is 0 Å². The van der Waals surface area contributed by atoms with Crippen LogP contribution in [0.5, 0.6) is 0 Å². The molecule has 1 aromatic carbocycles. The molecule has 1 aromatic rings. The predicted octanol–water partition coefficient (Wildman–Crippen LogP) is 2.53. The van der Waals surface area contributed by atoms with Crippen molar-refractivity contribution in [1.82, 2.24) is 0 Å². The van der Waals surface area contributed by atoms with Crippen LogP contribution in [0.2, 0.25) is 0 Å². The molecule has 0 bridgehead atoms. The third-order valence-electron chi connectivity index (χ3n) is 3.47. The van der Waals surface area contributed by atoms with Crippen LogP contribution in [0.4, 0.5) is 18.9 Å². The third kappa shape index (κ3) is 3.74. The fraction of sp³-hybridized carbons (Fsp3) is 0.500. The number of anilines is 1. The zero-order valence-electron chi connectivity index (χ0n) is 11.5. The van der Waals surface area contributed by atoms with Crippen molar-refractivity contribution >= 4 is 11.6 Å². The Morgan fingerprint density at radius 1 is 1.48 bits per heavy atom. The molecule has 21 heavy (non-hydrogen) atoms. The summed E-state index contributed by atoms with van der Waals surface area (Å²) in [6.07, 6.45) is -3.94. The van der Waals surface area contributed by atoms with Gasteiger partial charge in [0.15, 0.2) is 0 Å². The number of hydrogen-bond donors (Lipinski definition) is 2. The molecule has 2 atom stereocenters. The van der Waals surface area contributed by atoms with Gasteiger partial charge in [-0.05, 0) is 31.0 Å². The van der Waals surface area contributed by atoms with E-state index in [1.807, 2.05) is 6.92 Å². The monoisotopic (exact) mass is 302 g/mol. The van der Waals surface area contributed by atoms with Crippen LogP contribution in [-0.2, 0) is 22.3 Å². The Bertz CT molecular complexity index is 531. The maximum atomic E-state index is 12.9. The average molecular weight is 302 g/mol. The summed E-state index contributed by atoms with van der Waals surface area (Å²) >= 11 is 0. The van der Waals surface area contributed by atoms with Gasteiger partial charge >= 0.3 is 6.18 Å². The molecule has 2 unspecified atom stereocenters. The van der Waals surface area contributed by atoms with Gasteiger partial charge in [-0.1, -0.05) is 6.07 Å². The Labute approximate surface area is 120 Å². The Kier molecular flexibility index (Phi) is 4.53. The van der Waals surface area contributed by atoms with Crippen LogP contribution >= 0.6 is 0 Å². The van der Waals surface area contributed by atoms with Crippen LogP contribution in [0, 0.1) is 5.92 Å². The highest BCUT2D eigenvalue weighted by molar-refractivity contribution is 5.93. The van der Waals surface area contributed by atoms with E-state index in [4.69, 9.17) is 10.5 Å². The summed E-state index contributed by atoms with van der Waals surface area (Å²) in [5.41, 5.74) is 4.60. The minimum absolute atomic E-state index is 0.00155. The summed E-state index contributed by atoms with van der Waals surface area (Å²) in [5.74, 6) is -0.656. The lowest BCUT2D eigenvalue weighted by atomic mass is 10.0. The zero-order chi connectivity index (χ0) is 15.6. The molecule has 0 aromatic heterocycles. The second-order valence-electron chi connectivity index (χ2n) is 5.14. The highest BCUT2D eigenvalue weighted by atomic mass is 19.4. The number of alkyl halides is 3. The van der Waals surface area contributed by atoms with Crippen molar-refractivity contribution < 1.29 is 22.7 Å². The van der Waals surface area contributed by atoms with Gasteiger partial charge in [0.05, 0.1) is 24.2 Å². The molecule has 2 rings (SSSR count). The van der Waals surface area contributed by atoms with Gasteiger partial charge < -0.3 is 15.8 Å². The van der Waals surface area contributed by atoms with Crippen molar-refractivity contribution in [2.24, 2.45) is 11.7 Å². The summed E-state index contributed by atoms with van der Waals surface area (Å²) in [4.78, 5) is 12.0. The highest BCUT2D eigenvalue weighted by Gasteiger charge is 2.34. The van der Waals surface area contributed by atoms with Gasteiger partial charge in [0.1, 0.15) is 0 Å². The molecule has 0 radical (unpaired) electrons. The largest absolute Gasteiger partial charge is 0.416 e. The van der Waals surface area contributed by atoms with Gasteiger partial charge in [0, 0.05) is 12.2 Å². The Hall–Kier alpha value is -1.60. The van der Waals surface area contributed by atoms with E-state index in [1.165, 1.54) is 12.1 Å². The van der Waals surface area contributed by atoms with Crippen molar-refractivity contribution in [3.05, 3.63) is 29.3 Å². The van der Waals surface area contributed by atoms with E-state index in [-0.39, 0.29) is 35.7 Å². The lowest BCUT2D eigenvalue weighted by Crippen LogP contribution is -2.23. The molecular weight excluding hydrogens is 285 g/mol. The quantitative estimate of drug-likeness (QED) is 0.902. The summed E-state index contributed by atoms with van der Waals surface area (Å²) in [6.45, 7) is 1.93. The first-order valence-corrected chi connectivity index (χ1v) is 6.64. The molecule has 0 aliphatic carbocycles. The minimum atomic E-state index is -4.50. The fourth-order valence-corrected chi connectivity index (χ4v) is 2.34. The first-order chi connectivity index (χ1) is 9.81. The van der Waals surface area contributed by atoms with Crippen molar-refractivity contribution in [2.75, 3.05) is 11.9 Å². The smallest absolute Gasteiger partial charge is 0.378 e. The maximum absolute atomic E-state index is 12.9. The van der Waals surface area contributed by atoms with Crippen LogP contribution in [0.25, 0.3) is 0 Å². The standard InChI is InChI=1S/C14H17F3N2O2/c1-8-4-10(7-21-8)13(20)19-11-3-2-9(6-18)12(5-11)14(15,16)17/h2-3,5,8,10H,4,6-7,18H2,1H3,(H,19,20). The number of carbonyl (C=O) groups excluding carboxylic acids is 1. The number of halogens is 3. The molecule has 1 fully saturated rings. The SMILES string of the molecule is CC1CC(C(=O)Nc2ccc(CN)c(C(F)(F)F)c2)CO1. The van der Waals surface area contributed by atoms with Crippen molar-refractivity contribution in [2.45, 2.75) is 32.2 Å². The first kappa shape index (κ1) is 15.8. The molecule has 116 valence electrons. The van der Waals surface area contributed by atoms with E-state index >= 15 is 0 Å². The van der Waals surface area contributed by atoms with Gasteiger partial charge in [-0.2, -0.15) is 13.2 Å². The maximum Gasteiger partial charge on any atom is 0.416 e. The molecule has 0 saturated carbocycles. The number of nitrogens with one attached hydrogen (secondary N) is 1. The molecule has 7 heteroatoms. The van der Waals surface area contributed by atoms with Crippen LogP contribution in [0.15, 0.2) is 18.2 Å². The van der Waals surface area contributed by atoms with Gasteiger partial charge in [-0.3, -0.25) is 4.79 Å². The van der Waals surface area contributed by atoms with Crippen LogP contribution in [0.1, 0.15) is 24.5 Å². The summed E-state index contributed by atoms with van der Waals surface area (Å²) in [6, 6.07) is 3.63. The average Bonchev–Trinajstić information content (AvgIpc) is 2.84. The topological polar surface area (TPSA) is 64.4 Å². The van der Waals surface area contributed by atoms with Crippen LogP contribution in [0.3, 0.4) is 0 Å². The summed E-state index contributed by atoms with van der Waals surface area (Å²) in [7, 11) is 0. The van der Waals surface area contributed by atoms with E-state index in [0.29, 0.717) is 13.0 Å². The molecule has 1 saturated heterocycles. The molecule has 1 aliphatic rings. The number of carbonyl (C=O) groups is 1. The van der Waals surface area contributed by atoms with E-state index in [2.05, 4.69) is 5.32 Å². The molecule has 1 heterocycles. The summed E-state index contributed by atoms with van der Waals surface area (Å²) < 4.78 is 44.0. The van der Waals surface area contributed by atoms with Gasteiger partial charge in [-0.25, -0.2) is 0 Å². The lowest BCUT2D eigenvalue weighted by molar-refractivity contribution is -0.138. The Balaban J connectivity index is 2.15. The van der Waals surface area contributed by atoms with Crippen molar-refractivity contribution in [1.29, 1.82) is 0 Å². The van der Waals surface area contributed by atoms with Crippen LogP contribution in [-0.4, -0.2) is 18.6 Å². The third-order valence-corrected chi connectivity index (χ3v) is 3.47. The lowest BCUT2D eigenvalue weighted by Gasteiger charge is -2.15. The number of hydrogen-bond acceptors (Lipinski definition) is 3. The molecule has 4 nitrogen and oxygen atoms in total. The number of amides is 1. The second-order valence-corrected chi connectivity index (χ2v) is 5.14. The van der Waals surface area contributed by atoms with Gasteiger partial charge in [-0.15, -0.1) is 0 Å². The van der Waals surface area contributed by atoms with Gasteiger partial charge in [0.25, 0.3) is 0 Å². The second kappa shape index (κ2) is 6.03. The number of nitrogens with two attached hydrogens (primary N) is 1. The molecule has 1 amide bonds. The number of rotatable bonds is 3. The summed E-state index contributed by atoms with van der Waals surface area (Å²) in [5, 5.41) is 2.51. The van der Waals surface area contributed by atoms with E-state index in [1.54, 1.807) is 0 Å². The van der Waals surface area contributed by atoms with Crippen molar-refractivity contribution in [3.8, 4) is 0 Å². The molecular formula is C14H17F3N2O2. The van der Waals surface area contributed by atoms with E-state index in [9.17, 15) is 18.0 Å².